The van der Waals surface area contributed by atoms with E-state index in [0.717, 1.165) is 0 Å². The minimum atomic E-state index is -3.80. The zero-order valence-corrected chi connectivity index (χ0v) is 16.4. The number of sulfonamides is 1. The van der Waals surface area contributed by atoms with E-state index in [0.29, 0.717) is 42.8 Å². The van der Waals surface area contributed by atoms with Gasteiger partial charge in [0.2, 0.25) is 15.9 Å². The molecule has 3 rings (SSSR count). The van der Waals surface area contributed by atoms with Gasteiger partial charge < -0.3 is 15.1 Å². The number of amides is 2. The summed E-state index contributed by atoms with van der Waals surface area (Å²) in [6.07, 6.45) is 2.50. The van der Waals surface area contributed by atoms with Crippen molar-refractivity contribution in [1.29, 1.82) is 0 Å². The van der Waals surface area contributed by atoms with Crippen molar-refractivity contribution in [2.45, 2.75) is 31.2 Å². The SMILES string of the molecule is Cc1ccc(S(=O)(=O)NCc2ccco2)cc1C(=O)N1CCC(C(N)=O)CC1. The number of piperidine rings is 1. The van der Waals surface area contributed by atoms with E-state index in [4.69, 9.17) is 10.2 Å². The van der Waals surface area contributed by atoms with Crippen LogP contribution in [0.2, 0.25) is 0 Å². The Labute approximate surface area is 163 Å². The summed E-state index contributed by atoms with van der Waals surface area (Å²) >= 11 is 0. The largest absolute Gasteiger partial charge is 0.468 e. The maximum absolute atomic E-state index is 12.9. The average molecular weight is 405 g/mol. The highest BCUT2D eigenvalue weighted by atomic mass is 32.2. The van der Waals surface area contributed by atoms with Crippen LogP contribution in [0.3, 0.4) is 0 Å². The van der Waals surface area contributed by atoms with Gasteiger partial charge in [-0.3, -0.25) is 9.59 Å². The third-order valence-electron chi connectivity index (χ3n) is 4.95. The molecule has 2 heterocycles. The van der Waals surface area contributed by atoms with Crippen molar-refractivity contribution in [3.8, 4) is 0 Å². The maximum Gasteiger partial charge on any atom is 0.254 e. The molecule has 0 bridgehead atoms. The lowest BCUT2D eigenvalue weighted by molar-refractivity contribution is -0.123. The summed E-state index contributed by atoms with van der Waals surface area (Å²) in [5, 5.41) is 0. The van der Waals surface area contributed by atoms with Crippen LogP contribution in [0, 0.1) is 12.8 Å². The fourth-order valence-electron chi connectivity index (χ4n) is 3.20. The highest BCUT2D eigenvalue weighted by molar-refractivity contribution is 7.89. The second kappa shape index (κ2) is 8.15. The molecule has 150 valence electrons. The molecule has 0 unspecified atom stereocenters. The summed E-state index contributed by atoms with van der Waals surface area (Å²) in [5.41, 5.74) is 6.35. The predicted molar refractivity (Wildman–Crippen MR) is 102 cm³/mol. The molecular formula is C19H23N3O5S. The summed E-state index contributed by atoms with van der Waals surface area (Å²) in [7, 11) is -3.80. The highest BCUT2D eigenvalue weighted by Crippen LogP contribution is 2.22. The third kappa shape index (κ3) is 4.42. The van der Waals surface area contributed by atoms with E-state index in [1.54, 1.807) is 30.0 Å². The van der Waals surface area contributed by atoms with Crippen molar-refractivity contribution in [3.63, 3.8) is 0 Å². The van der Waals surface area contributed by atoms with Gasteiger partial charge >= 0.3 is 0 Å². The van der Waals surface area contributed by atoms with E-state index in [1.807, 2.05) is 0 Å². The van der Waals surface area contributed by atoms with Crippen LogP contribution in [0.4, 0.5) is 0 Å². The maximum atomic E-state index is 12.9. The van der Waals surface area contributed by atoms with E-state index in [1.165, 1.54) is 18.4 Å². The first kappa shape index (κ1) is 20.1. The second-order valence-corrected chi connectivity index (χ2v) is 8.62. The minimum absolute atomic E-state index is 0.0139. The Balaban J connectivity index is 1.75. The molecule has 1 saturated heterocycles. The van der Waals surface area contributed by atoms with Gasteiger partial charge in [-0.15, -0.1) is 0 Å². The number of benzene rings is 1. The Kier molecular flexibility index (Phi) is 5.85. The van der Waals surface area contributed by atoms with Gasteiger partial charge in [-0.25, -0.2) is 13.1 Å². The molecule has 0 radical (unpaired) electrons. The van der Waals surface area contributed by atoms with Crippen molar-refractivity contribution < 1.29 is 22.4 Å². The molecule has 0 saturated carbocycles. The van der Waals surface area contributed by atoms with E-state index < -0.39 is 10.0 Å². The van der Waals surface area contributed by atoms with E-state index in [9.17, 15) is 18.0 Å². The first-order chi connectivity index (χ1) is 13.3. The van der Waals surface area contributed by atoms with Crippen molar-refractivity contribution in [3.05, 3.63) is 53.5 Å². The molecular weight excluding hydrogens is 382 g/mol. The number of nitrogens with two attached hydrogens (primary N) is 1. The van der Waals surface area contributed by atoms with Crippen LogP contribution >= 0.6 is 0 Å². The molecule has 1 fully saturated rings. The molecule has 0 aliphatic carbocycles. The van der Waals surface area contributed by atoms with Crippen LogP contribution in [0.1, 0.15) is 34.5 Å². The number of primary amides is 1. The number of hydrogen-bond donors (Lipinski definition) is 2. The van der Waals surface area contributed by atoms with Gasteiger partial charge in [-0.05, 0) is 49.6 Å². The van der Waals surface area contributed by atoms with Crippen LogP contribution in [0.15, 0.2) is 45.9 Å². The fourth-order valence-corrected chi connectivity index (χ4v) is 4.22. The zero-order chi connectivity index (χ0) is 20.3. The zero-order valence-electron chi connectivity index (χ0n) is 15.6. The van der Waals surface area contributed by atoms with Crippen molar-refractivity contribution in [2.75, 3.05) is 13.1 Å². The number of hydrogen-bond acceptors (Lipinski definition) is 5. The second-order valence-electron chi connectivity index (χ2n) is 6.85. The molecule has 8 nitrogen and oxygen atoms in total. The highest BCUT2D eigenvalue weighted by Gasteiger charge is 2.28. The van der Waals surface area contributed by atoms with Crippen LogP contribution in [0.5, 0.6) is 0 Å². The Morgan fingerprint density at radius 3 is 2.57 bits per heavy atom. The van der Waals surface area contributed by atoms with Crippen molar-refractivity contribution >= 4 is 21.8 Å². The molecule has 9 heteroatoms. The quantitative estimate of drug-likeness (QED) is 0.752. The standard InChI is InChI=1S/C19H23N3O5S/c1-13-4-5-16(28(25,26)21-12-15-3-2-10-27-15)11-17(13)19(24)22-8-6-14(7-9-22)18(20)23/h2-5,10-11,14,21H,6-9,12H2,1H3,(H2,20,23). The molecule has 0 spiro atoms. The van der Waals surface area contributed by atoms with Crippen LogP contribution in [-0.4, -0.2) is 38.2 Å². The van der Waals surface area contributed by atoms with Gasteiger partial charge in [-0.2, -0.15) is 0 Å². The lowest BCUT2D eigenvalue weighted by atomic mass is 9.95. The van der Waals surface area contributed by atoms with Gasteiger partial charge in [0.05, 0.1) is 17.7 Å². The molecule has 2 aromatic rings. The predicted octanol–water partition coefficient (Wildman–Crippen LogP) is 1.40. The molecule has 3 N–H and O–H groups in total. The molecule has 1 aliphatic heterocycles. The summed E-state index contributed by atoms with van der Waals surface area (Å²) in [6, 6.07) is 7.82. The number of aryl methyl sites for hydroxylation is 1. The van der Waals surface area contributed by atoms with Crippen LogP contribution in [-0.2, 0) is 21.4 Å². The van der Waals surface area contributed by atoms with Gasteiger partial charge in [0, 0.05) is 24.6 Å². The van der Waals surface area contributed by atoms with Gasteiger partial charge in [0.1, 0.15) is 5.76 Å². The number of nitrogens with one attached hydrogen (secondary N) is 1. The molecule has 2 amide bonds. The normalized spacial score (nSPS) is 15.5. The first-order valence-electron chi connectivity index (χ1n) is 8.99. The van der Waals surface area contributed by atoms with Gasteiger partial charge in [0.15, 0.2) is 0 Å². The summed E-state index contributed by atoms with van der Waals surface area (Å²) in [6.45, 7) is 2.61. The number of rotatable bonds is 6. The molecule has 28 heavy (non-hydrogen) atoms. The Morgan fingerprint density at radius 1 is 1.25 bits per heavy atom. The van der Waals surface area contributed by atoms with E-state index >= 15 is 0 Å². The lowest BCUT2D eigenvalue weighted by Gasteiger charge is -2.31. The number of carbonyl (C=O) groups excluding carboxylic acids is 2. The van der Waals surface area contributed by atoms with E-state index in [-0.39, 0.29) is 29.2 Å². The van der Waals surface area contributed by atoms with Gasteiger partial charge in [0.25, 0.3) is 5.91 Å². The van der Waals surface area contributed by atoms with E-state index in [2.05, 4.69) is 4.72 Å². The van der Waals surface area contributed by atoms with Crippen LogP contribution in [0.25, 0.3) is 0 Å². The molecule has 1 aliphatic rings. The molecule has 1 aromatic carbocycles. The van der Waals surface area contributed by atoms with Crippen molar-refractivity contribution in [1.82, 2.24) is 9.62 Å². The van der Waals surface area contributed by atoms with Crippen LogP contribution < -0.4 is 10.5 Å². The molecule has 1 aromatic heterocycles. The smallest absolute Gasteiger partial charge is 0.254 e. The monoisotopic (exact) mass is 405 g/mol. The number of carbonyl (C=O) groups is 2. The Morgan fingerprint density at radius 2 is 1.96 bits per heavy atom. The minimum Gasteiger partial charge on any atom is -0.468 e. The number of nitrogens with zero attached hydrogens (tertiary/aromatic N) is 1. The fraction of sp³-hybridized carbons (Fsp3) is 0.368. The number of likely N-dealkylation sites (tertiary alicyclic amines) is 1. The number of furan rings is 1. The molecule has 0 atom stereocenters. The Bertz CT molecular complexity index is 961. The average Bonchev–Trinajstić information content (AvgIpc) is 3.20. The Hall–Kier alpha value is -2.65. The van der Waals surface area contributed by atoms with Crippen molar-refractivity contribution in [2.24, 2.45) is 11.7 Å². The third-order valence-corrected chi connectivity index (χ3v) is 6.35. The van der Waals surface area contributed by atoms with Gasteiger partial charge in [-0.1, -0.05) is 6.07 Å². The lowest BCUT2D eigenvalue weighted by Crippen LogP contribution is -2.42. The summed E-state index contributed by atoms with van der Waals surface area (Å²) in [4.78, 5) is 25.8. The topological polar surface area (TPSA) is 123 Å². The first-order valence-corrected chi connectivity index (χ1v) is 10.5. The summed E-state index contributed by atoms with van der Waals surface area (Å²) < 4.78 is 32.8. The summed E-state index contributed by atoms with van der Waals surface area (Å²) in [5.74, 6) is -0.325.